The van der Waals surface area contributed by atoms with Crippen LogP contribution in [0, 0.1) is 0 Å². The quantitative estimate of drug-likeness (QED) is 0.366. The molecule has 0 bridgehead atoms. The van der Waals surface area contributed by atoms with Gasteiger partial charge in [-0.15, -0.1) is 11.8 Å². The SMILES string of the molecule is COc1ccc(-c2nc3cc(SC)ccc3cc2CNCC2COc3ccccc3O2)cc1. The van der Waals surface area contributed by atoms with Crippen molar-refractivity contribution in [3.63, 3.8) is 0 Å². The highest BCUT2D eigenvalue weighted by Gasteiger charge is 2.20. The first-order valence-electron chi connectivity index (χ1n) is 10.9. The van der Waals surface area contributed by atoms with Crippen molar-refractivity contribution in [3.8, 4) is 28.5 Å². The van der Waals surface area contributed by atoms with Gasteiger partial charge in [0.05, 0.1) is 18.3 Å². The summed E-state index contributed by atoms with van der Waals surface area (Å²) in [5.74, 6) is 2.43. The summed E-state index contributed by atoms with van der Waals surface area (Å²) < 4.78 is 17.3. The topological polar surface area (TPSA) is 52.6 Å². The van der Waals surface area contributed by atoms with Crippen LogP contribution in [0.1, 0.15) is 5.56 Å². The van der Waals surface area contributed by atoms with E-state index in [1.54, 1.807) is 18.9 Å². The summed E-state index contributed by atoms with van der Waals surface area (Å²) in [4.78, 5) is 6.26. The average Bonchev–Trinajstić information content (AvgIpc) is 2.88. The number of hydrogen-bond acceptors (Lipinski definition) is 6. The van der Waals surface area contributed by atoms with E-state index in [9.17, 15) is 0 Å². The lowest BCUT2D eigenvalue weighted by Gasteiger charge is -2.26. The van der Waals surface area contributed by atoms with E-state index in [-0.39, 0.29) is 6.10 Å². The van der Waals surface area contributed by atoms with Gasteiger partial charge in [-0.3, -0.25) is 0 Å². The molecule has 0 spiro atoms. The predicted octanol–water partition coefficient (Wildman–Crippen LogP) is 5.56. The molecule has 0 amide bonds. The maximum absolute atomic E-state index is 6.09. The summed E-state index contributed by atoms with van der Waals surface area (Å²) in [6.07, 6.45) is 2.04. The fourth-order valence-corrected chi connectivity index (χ4v) is 4.42. The Hall–Kier alpha value is -3.22. The molecule has 0 saturated heterocycles. The Balaban J connectivity index is 1.38. The summed E-state index contributed by atoms with van der Waals surface area (Å²) in [5.41, 5.74) is 4.18. The Labute approximate surface area is 198 Å². The maximum atomic E-state index is 6.09. The first-order chi connectivity index (χ1) is 16.2. The Morgan fingerprint density at radius 2 is 1.85 bits per heavy atom. The summed E-state index contributed by atoms with van der Waals surface area (Å²) in [6.45, 7) is 1.89. The number of hydrogen-bond donors (Lipinski definition) is 1. The van der Waals surface area contributed by atoms with E-state index < -0.39 is 0 Å². The molecule has 5 rings (SSSR count). The predicted molar refractivity (Wildman–Crippen MR) is 134 cm³/mol. The number of methoxy groups -OCH3 is 1. The van der Waals surface area contributed by atoms with Gasteiger partial charge in [-0.1, -0.05) is 18.2 Å². The first kappa shape index (κ1) is 21.6. The second-order valence-electron chi connectivity index (χ2n) is 7.91. The van der Waals surface area contributed by atoms with Gasteiger partial charge < -0.3 is 19.5 Å². The van der Waals surface area contributed by atoms with E-state index >= 15 is 0 Å². The molecule has 2 heterocycles. The molecule has 1 atom stereocenters. The van der Waals surface area contributed by atoms with Crippen LogP contribution in [-0.2, 0) is 6.54 Å². The number of para-hydroxylation sites is 2. The van der Waals surface area contributed by atoms with Gasteiger partial charge in [0, 0.05) is 28.9 Å². The monoisotopic (exact) mass is 458 g/mol. The number of fused-ring (bicyclic) bond motifs is 2. The molecule has 4 aromatic rings. The molecule has 0 saturated carbocycles. The highest BCUT2D eigenvalue weighted by molar-refractivity contribution is 7.98. The molecule has 33 heavy (non-hydrogen) atoms. The van der Waals surface area contributed by atoms with Gasteiger partial charge in [-0.25, -0.2) is 4.98 Å². The summed E-state index contributed by atoms with van der Waals surface area (Å²) in [5, 5.41) is 4.68. The van der Waals surface area contributed by atoms with E-state index in [4.69, 9.17) is 19.2 Å². The molecule has 0 radical (unpaired) electrons. The molecule has 1 aliphatic heterocycles. The molecule has 0 aliphatic carbocycles. The number of pyridine rings is 1. The van der Waals surface area contributed by atoms with Crippen molar-refractivity contribution in [1.29, 1.82) is 0 Å². The van der Waals surface area contributed by atoms with Crippen LogP contribution < -0.4 is 19.5 Å². The number of thioether (sulfide) groups is 1. The number of nitrogens with zero attached hydrogens (tertiary/aromatic N) is 1. The lowest BCUT2D eigenvalue weighted by atomic mass is 10.0. The number of ether oxygens (including phenoxy) is 3. The molecule has 1 aliphatic rings. The van der Waals surface area contributed by atoms with Crippen molar-refractivity contribution in [2.45, 2.75) is 17.5 Å². The molecule has 168 valence electrons. The highest BCUT2D eigenvalue weighted by atomic mass is 32.2. The van der Waals surface area contributed by atoms with Gasteiger partial charge >= 0.3 is 0 Å². The van der Waals surface area contributed by atoms with Crippen molar-refractivity contribution in [2.75, 3.05) is 26.5 Å². The first-order valence-corrected chi connectivity index (χ1v) is 12.2. The summed E-state index contributed by atoms with van der Waals surface area (Å²) in [7, 11) is 1.68. The zero-order chi connectivity index (χ0) is 22.6. The molecule has 3 aromatic carbocycles. The van der Waals surface area contributed by atoms with Gasteiger partial charge in [0.1, 0.15) is 18.5 Å². The summed E-state index contributed by atoms with van der Waals surface area (Å²) >= 11 is 1.72. The van der Waals surface area contributed by atoms with Crippen LogP contribution in [0.4, 0.5) is 0 Å². The molecule has 1 aromatic heterocycles. The van der Waals surface area contributed by atoms with E-state index in [1.165, 1.54) is 4.90 Å². The van der Waals surface area contributed by atoms with Gasteiger partial charge in [0.2, 0.25) is 0 Å². The third-order valence-electron chi connectivity index (χ3n) is 5.72. The molecule has 0 fully saturated rings. The second-order valence-corrected chi connectivity index (χ2v) is 8.79. The fraction of sp³-hybridized carbons (Fsp3) is 0.222. The van der Waals surface area contributed by atoms with Gasteiger partial charge in [-0.05, 0) is 66.4 Å². The Morgan fingerprint density at radius 3 is 2.64 bits per heavy atom. The zero-order valence-corrected chi connectivity index (χ0v) is 19.5. The van der Waals surface area contributed by atoms with Gasteiger partial charge in [0.15, 0.2) is 11.5 Å². The van der Waals surface area contributed by atoms with Crippen LogP contribution in [0.2, 0.25) is 0 Å². The van der Waals surface area contributed by atoms with Crippen LogP contribution >= 0.6 is 11.8 Å². The van der Waals surface area contributed by atoms with Crippen molar-refractivity contribution >= 4 is 22.7 Å². The van der Waals surface area contributed by atoms with E-state index in [2.05, 4.69) is 48.0 Å². The number of aromatic nitrogens is 1. The van der Waals surface area contributed by atoms with E-state index in [0.717, 1.165) is 45.0 Å². The van der Waals surface area contributed by atoms with E-state index in [0.29, 0.717) is 19.7 Å². The van der Waals surface area contributed by atoms with Crippen molar-refractivity contribution in [3.05, 3.63) is 78.4 Å². The minimum atomic E-state index is -0.0399. The second kappa shape index (κ2) is 9.73. The minimum absolute atomic E-state index is 0.0399. The Morgan fingerprint density at radius 1 is 1.03 bits per heavy atom. The van der Waals surface area contributed by atoms with Crippen molar-refractivity contribution in [1.82, 2.24) is 10.3 Å². The standard InChI is InChI=1S/C27H26N2O3S/c1-30-21-10-7-18(8-11-21)27-20(13-19-9-12-23(33-2)14-24(19)29-27)15-28-16-22-17-31-25-5-3-4-6-26(25)32-22/h3-14,22,28H,15-17H2,1-2H3. The summed E-state index contributed by atoms with van der Waals surface area (Å²) in [6, 6.07) is 24.5. The molecular formula is C27H26N2O3S. The van der Waals surface area contributed by atoms with Crippen LogP contribution in [0.3, 0.4) is 0 Å². The molecule has 1 N–H and O–H groups in total. The molecule has 6 heteroatoms. The third-order valence-corrected chi connectivity index (χ3v) is 6.45. The normalized spacial score (nSPS) is 14.9. The third kappa shape index (κ3) is 4.77. The molecule has 5 nitrogen and oxygen atoms in total. The van der Waals surface area contributed by atoms with Crippen LogP contribution in [0.25, 0.3) is 22.2 Å². The largest absolute Gasteiger partial charge is 0.497 e. The smallest absolute Gasteiger partial charge is 0.161 e. The van der Waals surface area contributed by atoms with Gasteiger partial charge in [-0.2, -0.15) is 0 Å². The van der Waals surface area contributed by atoms with E-state index in [1.807, 2.05) is 36.4 Å². The Kier molecular flexibility index (Phi) is 6.37. The lowest BCUT2D eigenvalue weighted by molar-refractivity contribution is 0.0902. The maximum Gasteiger partial charge on any atom is 0.161 e. The zero-order valence-electron chi connectivity index (χ0n) is 18.7. The van der Waals surface area contributed by atoms with Crippen molar-refractivity contribution < 1.29 is 14.2 Å². The average molecular weight is 459 g/mol. The Bertz CT molecular complexity index is 1260. The molecule has 1 unspecified atom stereocenters. The van der Waals surface area contributed by atoms with Crippen molar-refractivity contribution in [2.24, 2.45) is 0 Å². The lowest BCUT2D eigenvalue weighted by Crippen LogP contribution is -2.38. The molecular weight excluding hydrogens is 432 g/mol. The van der Waals surface area contributed by atoms with Crippen LogP contribution in [0.5, 0.6) is 17.2 Å². The number of benzene rings is 3. The van der Waals surface area contributed by atoms with Gasteiger partial charge in [0.25, 0.3) is 0 Å². The number of nitrogens with one attached hydrogen (secondary N) is 1. The van der Waals surface area contributed by atoms with Crippen LogP contribution in [0.15, 0.2) is 77.7 Å². The van der Waals surface area contributed by atoms with Crippen LogP contribution in [-0.4, -0.2) is 37.6 Å². The fourth-order valence-electron chi connectivity index (χ4n) is 3.98. The number of rotatable bonds is 7. The highest BCUT2D eigenvalue weighted by Crippen LogP contribution is 2.31. The minimum Gasteiger partial charge on any atom is -0.497 e.